The molecular formula is C28H31N5O4S. The summed E-state index contributed by atoms with van der Waals surface area (Å²) in [4.78, 5) is 18.8. The third kappa shape index (κ3) is 5.55. The molecule has 10 heteroatoms. The van der Waals surface area contributed by atoms with Crippen LogP contribution in [0.5, 0.6) is 0 Å². The van der Waals surface area contributed by atoms with Crippen LogP contribution < -0.4 is 15.4 Å². The van der Waals surface area contributed by atoms with Crippen molar-refractivity contribution in [2.45, 2.75) is 45.6 Å². The summed E-state index contributed by atoms with van der Waals surface area (Å²) in [6.07, 6.45) is 2.53. The topological polar surface area (TPSA) is 131 Å². The molecule has 1 amide bonds. The van der Waals surface area contributed by atoms with Gasteiger partial charge in [0, 0.05) is 30.4 Å². The Morgan fingerprint density at radius 1 is 1.05 bits per heavy atom. The van der Waals surface area contributed by atoms with Gasteiger partial charge in [-0.25, -0.2) is 18.1 Å². The summed E-state index contributed by atoms with van der Waals surface area (Å²) in [5.74, 6) is 0.150. The molecule has 0 bridgehead atoms. The molecule has 0 saturated heterocycles. The highest BCUT2D eigenvalue weighted by Crippen LogP contribution is 2.31. The van der Waals surface area contributed by atoms with Gasteiger partial charge in [0.15, 0.2) is 0 Å². The Morgan fingerprint density at radius 3 is 2.39 bits per heavy atom. The second kappa shape index (κ2) is 11.1. The molecule has 0 atom stereocenters. The van der Waals surface area contributed by atoms with E-state index < -0.39 is 15.9 Å². The molecule has 0 spiro atoms. The van der Waals surface area contributed by atoms with E-state index in [1.807, 2.05) is 36.1 Å². The number of carbonyl (C=O) groups excluding carboxylic acids is 1. The summed E-state index contributed by atoms with van der Waals surface area (Å²) in [6.45, 7) is 8.59. The number of pyridine rings is 1. The number of aryl methyl sites for hydroxylation is 2. The van der Waals surface area contributed by atoms with Crippen LogP contribution in [0.1, 0.15) is 46.1 Å². The van der Waals surface area contributed by atoms with Crippen molar-refractivity contribution in [3.8, 4) is 11.1 Å². The van der Waals surface area contributed by atoms with Gasteiger partial charge in [-0.2, -0.15) is 0 Å². The molecule has 0 saturated carbocycles. The fraction of sp³-hybridized carbons (Fsp3) is 0.250. The van der Waals surface area contributed by atoms with Crippen LogP contribution in [0.15, 0.2) is 70.2 Å². The summed E-state index contributed by atoms with van der Waals surface area (Å²) < 4.78 is 34.2. The van der Waals surface area contributed by atoms with Crippen LogP contribution in [0.25, 0.3) is 11.1 Å². The fourth-order valence-electron chi connectivity index (χ4n) is 4.26. The van der Waals surface area contributed by atoms with Gasteiger partial charge in [0.2, 0.25) is 5.88 Å². The number of primary amides is 1. The molecular weight excluding hydrogens is 502 g/mol. The second-order valence-corrected chi connectivity index (χ2v) is 10.8. The zero-order valence-corrected chi connectivity index (χ0v) is 22.7. The van der Waals surface area contributed by atoms with E-state index in [9.17, 15) is 13.2 Å². The van der Waals surface area contributed by atoms with E-state index in [4.69, 9.17) is 10.3 Å². The van der Waals surface area contributed by atoms with Gasteiger partial charge in [0.05, 0.1) is 16.2 Å². The molecule has 0 aliphatic heterocycles. The maximum absolute atomic E-state index is 13.3. The quantitative estimate of drug-likeness (QED) is 0.294. The van der Waals surface area contributed by atoms with E-state index in [0.717, 1.165) is 23.1 Å². The number of nitrogens with zero attached hydrogens (tertiary/aromatic N) is 3. The highest BCUT2D eigenvalue weighted by atomic mass is 32.2. The van der Waals surface area contributed by atoms with E-state index in [2.05, 4.69) is 21.8 Å². The molecule has 3 N–H and O–H groups in total. The monoisotopic (exact) mass is 533 g/mol. The molecule has 2 aromatic heterocycles. The fourth-order valence-corrected chi connectivity index (χ4v) is 5.53. The normalized spacial score (nSPS) is 11.4. The number of hydrogen-bond acceptors (Lipinski definition) is 7. The number of nitrogens with one attached hydrogen (secondary N) is 1. The summed E-state index contributed by atoms with van der Waals surface area (Å²) in [5.41, 5.74) is 10.4. The lowest BCUT2D eigenvalue weighted by Crippen LogP contribution is -2.28. The van der Waals surface area contributed by atoms with Gasteiger partial charge in [-0.15, -0.1) is 0 Å². The first kappa shape index (κ1) is 26.9. The van der Waals surface area contributed by atoms with Crippen molar-refractivity contribution in [2.24, 2.45) is 5.73 Å². The van der Waals surface area contributed by atoms with Crippen molar-refractivity contribution in [3.63, 3.8) is 0 Å². The largest absolute Gasteiger partial charge is 0.365 e. The summed E-state index contributed by atoms with van der Waals surface area (Å²) >= 11 is 0. The van der Waals surface area contributed by atoms with Gasteiger partial charge in [-0.05, 0) is 56.0 Å². The first-order valence-electron chi connectivity index (χ1n) is 12.3. The lowest BCUT2D eigenvalue weighted by atomic mass is 10.0. The number of benzene rings is 2. The van der Waals surface area contributed by atoms with E-state index in [1.54, 1.807) is 50.4 Å². The van der Waals surface area contributed by atoms with Gasteiger partial charge in [-0.1, -0.05) is 54.5 Å². The number of aromatic nitrogens is 2. The molecule has 0 radical (unpaired) electrons. The Balaban J connectivity index is 1.63. The second-order valence-electron chi connectivity index (χ2n) is 9.13. The van der Waals surface area contributed by atoms with Gasteiger partial charge in [0.1, 0.15) is 5.82 Å². The number of hydrogen-bond donors (Lipinski definition) is 2. The van der Waals surface area contributed by atoms with Gasteiger partial charge in [-0.3, -0.25) is 4.79 Å². The Kier molecular flexibility index (Phi) is 7.82. The first-order chi connectivity index (χ1) is 18.1. The van der Waals surface area contributed by atoms with Crippen molar-refractivity contribution in [1.29, 1.82) is 0 Å². The highest BCUT2D eigenvalue weighted by molar-refractivity contribution is 7.92. The van der Waals surface area contributed by atoms with Gasteiger partial charge < -0.3 is 15.2 Å². The van der Waals surface area contributed by atoms with Crippen LogP contribution in [0.4, 0.5) is 11.7 Å². The minimum atomic E-state index is -3.93. The van der Waals surface area contributed by atoms with E-state index >= 15 is 0 Å². The zero-order chi connectivity index (χ0) is 27.4. The Hall–Kier alpha value is -4.18. The molecule has 198 valence electrons. The molecule has 4 aromatic rings. The molecule has 4 rings (SSSR count). The Morgan fingerprint density at radius 2 is 1.76 bits per heavy atom. The minimum absolute atomic E-state index is 0.101. The first-order valence-corrected chi connectivity index (χ1v) is 13.7. The number of amides is 1. The summed E-state index contributed by atoms with van der Waals surface area (Å²) in [6, 6.07) is 16.2. The predicted molar refractivity (Wildman–Crippen MR) is 147 cm³/mol. The number of rotatable bonds is 10. The molecule has 2 heterocycles. The molecule has 0 aliphatic carbocycles. The minimum Gasteiger partial charge on any atom is -0.365 e. The third-order valence-corrected chi connectivity index (χ3v) is 7.77. The van der Waals surface area contributed by atoms with Crippen molar-refractivity contribution in [1.82, 2.24) is 10.1 Å². The van der Waals surface area contributed by atoms with Gasteiger partial charge in [0.25, 0.3) is 15.9 Å². The standard InChI is InChI=1S/C28H31N5O4S/c1-5-16-33(27-25(26(29)34)18(2)14-15-30-27)17-21-10-12-22(13-11-21)23-8-6-7-9-24(23)38(35,36)32-28-19(3)20(4)31-37-28/h6-15,32H,5,16-17H2,1-4H3,(H2,29,34). The average molecular weight is 534 g/mol. The molecule has 0 unspecified atom stereocenters. The number of nitrogens with two attached hydrogens (primary N) is 1. The van der Waals surface area contributed by atoms with Crippen LogP contribution in [-0.2, 0) is 16.6 Å². The van der Waals surface area contributed by atoms with Crippen LogP contribution in [-0.4, -0.2) is 31.0 Å². The van der Waals surface area contributed by atoms with Crippen molar-refractivity contribution < 1.29 is 17.7 Å². The SMILES string of the molecule is CCCN(Cc1ccc(-c2ccccc2S(=O)(=O)Nc2onc(C)c2C)cc1)c1nccc(C)c1C(N)=O. The summed E-state index contributed by atoms with van der Waals surface area (Å²) in [5, 5.41) is 3.83. The van der Waals surface area contributed by atoms with Crippen molar-refractivity contribution in [3.05, 3.63) is 88.7 Å². The van der Waals surface area contributed by atoms with Gasteiger partial charge >= 0.3 is 0 Å². The molecule has 9 nitrogen and oxygen atoms in total. The zero-order valence-electron chi connectivity index (χ0n) is 21.9. The molecule has 2 aromatic carbocycles. The number of anilines is 2. The maximum atomic E-state index is 13.3. The summed E-state index contributed by atoms with van der Waals surface area (Å²) in [7, 11) is -3.93. The van der Waals surface area contributed by atoms with Crippen molar-refractivity contribution >= 4 is 27.6 Å². The smallest absolute Gasteiger partial charge is 0.264 e. The Bertz CT molecular complexity index is 1560. The molecule has 0 fully saturated rings. The van der Waals surface area contributed by atoms with E-state index in [0.29, 0.717) is 41.3 Å². The highest BCUT2D eigenvalue weighted by Gasteiger charge is 2.23. The van der Waals surface area contributed by atoms with Crippen LogP contribution in [0.3, 0.4) is 0 Å². The van der Waals surface area contributed by atoms with E-state index in [1.165, 1.54) is 0 Å². The predicted octanol–water partition coefficient (Wildman–Crippen LogP) is 4.98. The average Bonchev–Trinajstić information content (AvgIpc) is 3.20. The molecule has 38 heavy (non-hydrogen) atoms. The lowest BCUT2D eigenvalue weighted by Gasteiger charge is -2.25. The third-order valence-electron chi connectivity index (χ3n) is 6.38. The number of sulfonamides is 1. The maximum Gasteiger partial charge on any atom is 0.264 e. The number of carbonyl (C=O) groups is 1. The van der Waals surface area contributed by atoms with Crippen LogP contribution in [0.2, 0.25) is 0 Å². The van der Waals surface area contributed by atoms with Crippen LogP contribution in [0, 0.1) is 20.8 Å². The van der Waals surface area contributed by atoms with Crippen molar-refractivity contribution in [2.75, 3.05) is 16.2 Å². The van der Waals surface area contributed by atoms with E-state index in [-0.39, 0.29) is 10.8 Å². The Labute approximate surface area is 222 Å². The lowest BCUT2D eigenvalue weighted by molar-refractivity contribution is 0.0999. The molecule has 0 aliphatic rings. The van der Waals surface area contributed by atoms with Crippen LogP contribution >= 0.6 is 0 Å².